The lowest BCUT2D eigenvalue weighted by molar-refractivity contribution is -0.386. The molecule has 2 rings (SSSR count). The Morgan fingerprint density at radius 1 is 1.41 bits per heavy atom. The number of nitrogens with zero attached hydrogens (tertiary/aromatic N) is 3. The van der Waals surface area contributed by atoms with E-state index in [9.17, 15) is 28.1 Å². The third-order valence-corrected chi connectivity index (χ3v) is 3.33. The Morgan fingerprint density at radius 2 is 2.05 bits per heavy atom. The van der Waals surface area contributed by atoms with Gasteiger partial charge in [0.25, 0.3) is 5.88 Å². The second-order valence-corrected chi connectivity index (χ2v) is 4.67. The number of methoxy groups -OCH3 is 1. The topological polar surface area (TPSA) is 85.6 Å². The largest absolute Gasteiger partial charge is 0.476 e. The quantitative estimate of drug-likeness (QED) is 0.609. The maximum Gasteiger partial charge on any atom is 0.471 e. The minimum Gasteiger partial charge on any atom is -0.476 e. The first-order valence-corrected chi connectivity index (χ1v) is 6.31. The third-order valence-electron chi connectivity index (χ3n) is 3.33. The molecule has 0 aliphatic carbocycles. The lowest BCUT2D eigenvalue weighted by atomic mass is 10.1. The number of alkyl halides is 3. The molecular formula is C12H12F3N3O4. The molecule has 0 unspecified atom stereocenters. The molecule has 0 saturated carbocycles. The number of fused-ring (bicyclic) bond motifs is 1. The summed E-state index contributed by atoms with van der Waals surface area (Å²) in [5.41, 5.74) is 0.502. The predicted molar refractivity (Wildman–Crippen MR) is 67.5 cm³/mol. The first kappa shape index (κ1) is 16.0. The molecule has 10 heteroatoms. The van der Waals surface area contributed by atoms with Gasteiger partial charge in [-0.25, -0.2) is 4.98 Å². The highest BCUT2D eigenvalue weighted by Gasteiger charge is 2.42. The monoisotopic (exact) mass is 319 g/mol. The molecule has 0 saturated heterocycles. The molecule has 120 valence electrons. The fraction of sp³-hybridized carbons (Fsp3) is 0.500. The lowest BCUT2D eigenvalue weighted by Gasteiger charge is -2.21. The number of carbonyl (C=O) groups excluding carboxylic acids is 1. The number of rotatable bonds is 2. The summed E-state index contributed by atoms with van der Waals surface area (Å²) in [6.07, 6.45) is -4.80. The fourth-order valence-corrected chi connectivity index (χ4v) is 2.27. The van der Waals surface area contributed by atoms with Crippen molar-refractivity contribution >= 4 is 11.6 Å². The van der Waals surface area contributed by atoms with Crippen LogP contribution in [0.5, 0.6) is 5.88 Å². The number of amides is 1. The van der Waals surface area contributed by atoms with E-state index in [0.717, 1.165) is 0 Å². The normalized spacial score (nSPS) is 15.0. The van der Waals surface area contributed by atoms with Gasteiger partial charge in [0, 0.05) is 31.3 Å². The van der Waals surface area contributed by atoms with Gasteiger partial charge in [-0.2, -0.15) is 13.2 Å². The number of ether oxygens (including phenoxy) is 1. The summed E-state index contributed by atoms with van der Waals surface area (Å²) >= 11 is 0. The Bertz CT molecular complexity index is 618. The van der Waals surface area contributed by atoms with E-state index >= 15 is 0 Å². The number of hydrogen-bond donors (Lipinski definition) is 0. The van der Waals surface area contributed by atoms with Crippen LogP contribution in [-0.4, -0.2) is 47.1 Å². The smallest absolute Gasteiger partial charge is 0.471 e. The van der Waals surface area contributed by atoms with Crippen LogP contribution in [0.4, 0.5) is 18.9 Å². The van der Waals surface area contributed by atoms with Gasteiger partial charge in [0.15, 0.2) is 0 Å². The molecule has 0 aromatic carbocycles. The Balaban J connectivity index is 2.29. The van der Waals surface area contributed by atoms with Gasteiger partial charge in [0.2, 0.25) is 0 Å². The Kier molecular flexibility index (Phi) is 4.20. The zero-order valence-electron chi connectivity index (χ0n) is 11.5. The molecule has 0 fully saturated rings. The van der Waals surface area contributed by atoms with Crippen LogP contribution in [0.25, 0.3) is 0 Å². The highest BCUT2D eigenvalue weighted by Crippen LogP contribution is 2.29. The standard InChI is InChI=1S/C12H12F3N3O4/c1-22-10-9(18(20)21)6-7-2-4-17(5-3-8(7)16-10)11(19)12(13,14)15/h6H,2-5H2,1H3. The predicted octanol–water partition coefficient (Wildman–Crippen LogP) is 1.49. The van der Waals surface area contributed by atoms with Gasteiger partial charge in [-0.15, -0.1) is 0 Å². The number of nitro groups is 1. The van der Waals surface area contributed by atoms with Crippen molar-refractivity contribution < 1.29 is 27.6 Å². The molecule has 1 aliphatic rings. The van der Waals surface area contributed by atoms with Crippen molar-refractivity contribution in [3.63, 3.8) is 0 Å². The lowest BCUT2D eigenvalue weighted by Crippen LogP contribution is -2.42. The number of carbonyl (C=O) groups is 1. The third kappa shape index (κ3) is 3.10. The van der Waals surface area contributed by atoms with E-state index < -0.39 is 17.0 Å². The van der Waals surface area contributed by atoms with Crippen LogP contribution in [-0.2, 0) is 17.6 Å². The number of halogens is 3. The van der Waals surface area contributed by atoms with Crippen molar-refractivity contribution in [3.05, 3.63) is 27.4 Å². The van der Waals surface area contributed by atoms with E-state index in [0.29, 0.717) is 16.2 Å². The van der Waals surface area contributed by atoms with Crippen LogP contribution in [0, 0.1) is 10.1 Å². The van der Waals surface area contributed by atoms with E-state index in [2.05, 4.69) is 4.98 Å². The van der Waals surface area contributed by atoms with Crippen molar-refractivity contribution in [1.82, 2.24) is 9.88 Å². The average Bonchev–Trinajstić information content (AvgIpc) is 2.65. The van der Waals surface area contributed by atoms with E-state index in [1.807, 2.05) is 0 Å². The highest BCUT2D eigenvalue weighted by atomic mass is 19.4. The summed E-state index contributed by atoms with van der Waals surface area (Å²) in [4.78, 5) is 26.2. The molecule has 1 aromatic rings. The molecule has 0 radical (unpaired) electrons. The first-order valence-electron chi connectivity index (χ1n) is 6.31. The molecule has 0 N–H and O–H groups in total. The average molecular weight is 319 g/mol. The zero-order valence-corrected chi connectivity index (χ0v) is 11.5. The maximum absolute atomic E-state index is 12.5. The van der Waals surface area contributed by atoms with Crippen molar-refractivity contribution in [2.24, 2.45) is 0 Å². The maximum atomic E-state index is 12.5. The molecule has 0 atom stereocenters. The summed E-state index contributed by atoms with van der Waals surface area (Å²) in [6, 6.07) is 1.24. The van der Waals surface area contributed by atoms with E-state index in [-0.39, 0.29) is 37.5 Å². The van der Waals surface area contributed by atoms with Crippen LogP contribution in [0.15, 0.2) is 6.07 Å². The van der Waals surface area contributed by atoms with Gasteiger partial charge in [0.1, 0.15) is 0 Å². The molecule has 7 nitrogen and oxygen atoms in total. The van der Waals surface area contributed by atoms with Crippen molar-refractivity contribution in [2.75, 3.05) is 20.2 Å². The van der Waals surface area contributed by atoms with Crippen LogP contribution >= 0.6 is 0 Å². The Morgan fingerprint density at radius 3 is 2.59 bits per heavy atom. The molecule has 2 heterocycles. The summed E-state index contributed by atoms with van der Waals surface area (Å²) in [5.74, 6) is -2.11. The molecule has 1 amide bonds. The van der Waals surface area contributed by atoms with Gasteiger partial charge >= 0.3 is 17.8 Å². The van der Waals surface area contributed by atoms with Crippen LogP contribution in [0.2, 0.25) is 0 Å². The minimum atomic E-state index is -4.94. The molecule has 0 bridgehead atoms. The van der Waals surface area contributed by atoms with Gasteiger partial charge in [-0.1, -0.05) is 0 Å². The fourth-order valence-electron chi connectivity index (χ4n) is 2.27. The summed E-state index contributed by atoms with van der Waals surface area (Å²) in [6.45, 7) is -0.324. The zero-order chi connectivity index (χ0) is 16.5. The van der Waals surface area contributed by atoms with E-state index in [1.54, 1.807) is 0 Å². The summed E-state index contributed by atoms with van der Waals surface area (Å²) < 4.78 is 42.2. The summed E-state index contributed by atoms with van der Waals surface area (Å²) in [7, 11) is 1.22. The molecule has 1 aliphatic heterocycles. The van der Waals surface area contributed by atoms with Gasteiger partial charge in [-0.05, 0) is 12.0 Å². The van der Waals surface area contributed by atoms with Gasteiger partial charge in [0.05, 0.1) is 12.0 Å². The SMILES string of the molecule is COc1nc2c(cc1[N+](=O)[O-])CCN(C(=O)C(F)(F)F)CC2. The van der Waals surface area contributed by atoms with Gasteiger partial charge < -0.3 is 9.64 Å². The Hall–Kier alpha value is -2.39. The highest BCUT2D eigenvalue weighted by molar-refractivity contribution is 5.82. The molecule has 1 aromatic heterocycles. The number of pyridine rings is 1. The summed E-state index contributed by atoms with van der Waals surface area (Å²) in [5, 5.41) is 10.9. The molecular weight excluding hydrogens is 307 g/mol. The van der Waals surface area contributed by atoms with Crippen molar-refractivity contribution in [1.29, 1.82) is 0 Å². The van der Waals surface area contributed by atoms with Crippen LogP contribution < -0.4 is 4.74 Å². The van der Waals surface area contributed by atoms with Crippen molar-refractivity contribution in [3.8, 4) is 5.88 Å². The van der Waals surface area contributed by atoms with Crippen LogP contribution in [0.3, 0.4) is 0 Å². The Labute approximate surface area is 122 Å². The van der Waals surface area contributed by atoms with E-state index in [4.69, 9.17) is 4.74 Å². The second-order valence-electron chi connectivity index (χ2n) is 4.67. The molecule has 22 heavy (non-hydrogen) atoms. The first-order chi connectivity index (χ1) is 10.2. The molecule has 0 spiro atoms. The minimum absolute atomic E-state index is 0.0645. The van der Waals surface area contributed by atoms with E-state index in [1.165, 1.54) is 13.2 Å². The number of hydrogen-bond acceptors (Lipinski definition) is 5. The number of aromatic nitrogens is 1. The second kappa shape index (κ2) is 5.78. The van der Waals surface area contributed by atoms with Crippen LogP contribution in [0.1, 0.15) is 11.3 Å². The van der Waals surface area contributed by atoms with Gasteiger partial charge in [-0.3, -0.25) is 14.9 Å². The van der Waals surface area contributed by atoms with Crippen molar-refractivity contribution in [2.45, 2.75) is 19.0 Å².